The number of nitrogens with zero attached hydrogens (tertiary/aromatic N) is 1. The second-order valence-electron chi connectivity index (χ2n) is 7.44. The van der Waals surface area contributed by atoms with E-state index in [1.165, 1.54) is 6.92 Å². The maximum Gasteiger partial charge on any atom is 0.374 e. The first-order chi connectivity index (χ1) is 15.3. The fourth-order valence-corrected chi connectivity index (χ4v) is 3.70. The predicted octanol–water partition coefficient (Wildman–Crippen LogP) is 3.65. The number of esters is 2. The second kappa shape index (κ2) is 8.30. The molecule has 4 rings (SSSR count). The van der Waals surface area contributed by atoms with Crippen molar-refractivity contribution in [3.8, 4) is 0 Å². The van der Waals surface area contributed by atoms with Crippen LogP contribution in [0, 0.1) is 6.92 Å². The summed E-state index contributed by atoms with van der Waals surface area (Å²) < 4.78 is 16.0. The average molecular weight is 435 g/mol. The summed E-state index contributed by atoms with van der Waals surface area (Å²) in [6.45, 7) is 4.79. The number of aryl methyl sites for hydroxylation is 1. The average Bonchev–Trinajstić information content (AvgIpc) is 3.26. The SMILES string of the molecule is CCOC(=O)c1oc2ccccc2c1COC(=O)[C@H](C)N1C(=O)c2ccc(C)cc2C1=O. The molecule has 0 fully saturated rings. The van der Waals surface area contributed by atoms with Crippen LogP contribution in [0.5, 0.6) is 0 Å². The molecule has 0 radical (unpaired) electrons. The molecule has 1 aliphatic rings. The van der Waals surface area contributed by atoms with Crippen LogP contribution in [0.2, 0.25) is 0 Å². The number of rotatable bonds is 6. The summed E-state index contributed by atoms with van der Waals surface area (Å²) in [5.74, 6) is -2.59. The number of carbonyl (C=O) groups excluding carboxylic acids is 4. The number of fused-ring (bicyclic) bond motifs is 2. The van der Waals surface area contributed by atoms with Crippen molar-refractivity contribution in [2.45, 2.75) is 33.4 Å². The number of carbonyl (C=O) groups is 4. The molecule has 0 unspecified atom stereocenters. The van der Waals surface area contributed by atoms with Gasteiger partial charge >= 0.3 is 11.9 Å². The van der Waals surface area contributed by atoms with Crippen LogP contribution in [0.1, 0.15) is 56.2 Å². The fourth-order valence-electron chi connectivity index (χ4n) is 3.70. The minimum Gasteiger partial charge on any atom is -0.460 e. The highest BCUT2D eigenvalue weighted by Gasteiger charge is 2.41. The third kappa shape index (κ3) is 3.53. The van der Waals surface area contributed by atoms with Gasteiger partial charge in [-0.05, 0) is 39.0 Å². The van der Waals surface area contributed by atoms with Crippen LogP contribution in [0.15, 0.2) is 46.9 Å². The van der Waals surface area contributed by atoms with E-state index in [0.29, 0.717) is 16.5 Å². The topological polar surface area (TPSA) is 103 Å². The highest BCUT2D eigenvalue weighted by molar-refractivity contribution is 6.22. The van der Waals surface area contributed by atoms with Crippen molar-refractivity contribution < 1.29 is 33.1 Å². The normalized spacial score (nSPS) is 13.9. The zero-order valence-electron chi connectivity index (χ0n) is 17.8. The maximum atomic E-state index is 12.8. The molecule has 0 bridgehead atoms. The smallest absolute Gasteiger partial charge is 0.374 e. The largest absolute Gasteiger partial charge is 0.460 e. The molecule has 0 saturated heterocycles. The summed E-state index contributed by atoms with van der Waals surface area (Å²) in [7, 11) is 0. The van der Waals surface area contributed by atoms with Crippen LogP contribution in [-0.2, 0) is 20.9 Å². The summed E-state index contributed by atoms with van der Waals surface area (Å²) in [6.07, 6.45) is 0. The highest BCUT2D eigenvalue weighted by atomic mass is 16.5. The molecule has 0 spiro atoms. The van der Waals surface area contributed by atoms with Crippen LogP contribution in [-0.4, -0.2) is 41.3 Å². The van der Waals surface area contributed by atoms with Gasteiger partial charge in [0.05, 0.1) is 23.3 Å². The molecule has 164 valence electrons. The van der Waals surface area contributed by atoms with E-state index in [4.69, 9.17) is 13.9 Å². The van der Waals surface area contributed by atoms with Gasteiger partial charge in [-0.25, -0.2) is 9.59 Å². The van der Waals surface area contributed by atoms with E-state index in [0.717, 1.165) is 10.5 Å². The molecule has 0 N–H and O–H groups in total. The number of para-hydroxylation sites is 1. The Balaban J connectivity index is 1.55. The molecular formula is C24H21NO7. The van der Waals surface area contributed by atoms with Gasteiger partial charge < -0.3 is 13.9 Å². The molecule has 3 aromatic rings. The van der Waals surface area contributed by atoms with Crippen molar-refractivity contribution in [1.82, 2.24) is 4.90 Å². The van der Waals surface area contributed by atoms with E-state index in [1.807, 2.05) is 6.92 Å². The number of benzene rings is 2. The molecule has 0 saturated carbocycles. The summed E-state index contributed by atoms with van der Waals surface area (Å²) >= 11 is 0. The number of hydrogen-bond acceptors (Lipinski definition) is 7. The van der Waals surface area contributed by atoms with Crippen LogP contribution >= 0.6 is 0 Å². The molecule has 2 heterocycles. The summed E-state index contributed by atoms with van der Waals surface area (Å²) in [6, 6.07) is 10.7. The van der Waals surface area contributed by atoms with Gasteiger partial charge in [0.15, 0.2) is 0 Å². The lowest BCUT2D eigenvalue weighted by molar-refractivity contribution is -0.149. The van der Waals surface area contributed by atoms with Crippen molar-refractivity contribution in [2.24, 2.45) is 0 Å². The third-order valence-electron chi connectivity index (χ3n) is 5.32. The van der Waals surface area contributed by atoms with E-state index in [9.17, 15) is 19.2 Å². The van der Waals surface area contributed by atoms with E-state index in [-0.39, 0.29) is 30.1 Å². The fraction of sp³-hybridized carbons (Fsp3) is 0.250. The quantitative estimate of drug-likeness (QED) is 0.430. The van der Waals surface area contributed by atoms with Gasteiger partial charge in [0.25, 0.3) is 11.8 Å². The number of furan rings is 1. The van der Waals surface area contributed by atoms with E-state index >= 15 is 0 Å². The molecule has 8 nitrogen and oxygen atoms in total. The van der Waals surface area contributed by atoms with Gasteiger partial charge in [-0.2, -0.15) is 0 Å². The van der Waals surface area contributed by atoms with Gasteiger partial charge in [0.2, 0.25) is 5.76 Å². The van der Waals surface area contributed by atoms with Crippen molar-refractivity contribution >= 4 is 34.7 Å². The number of hydrogen-bond donors (Lipinski definition) is 0. The molecule has 1 atom stereocenters. The van der Waals surface area contributed by atoms with Gasteiger partial charge in [-0.1, -0.05) is 29.8 Å². The molecular weight excluding hydrogens is 414 g/mol. The summed E-state index contributed by atoms with van der Waals surface area (Å²) in [5, 5.41) is 0.604. The molecule has 2 amide bonds. The molecule has 2 aromatic carbocycles. The first-order valence-corrected chi connectivity index (χ1v) is 10.2. The Morgan fingerprint density at radius 2 is 1.75 bits per heavy atom. The van der Waals surface area contributed by atoms with Crippen LogP contribution in [0.25, 0.3) is 11.0 Å². The zero-order chi connectivity index (χ0) is 23.0. The summed E-state index contributed by atoms with van der Waals surface area (Å²) in [5.41, 5.74) is 2.16. The van der Waals surface area contributed by atoms with E-state index in [2.05, 4.69) is 0 Å². The van der Waals surface area contributed by atoms with E-state index in [1.54, 1.807) is 49.4 Å². The molecule has 1 aromatic heterocycles. The van der Waals surface area contributed by atoms with Crippen LogP contribution in [0.4, 0.5) is 0 Å². The Bertz CT molecular complexity index is 1260. The molecule has 1 aliphatic heterocycles. The number of imide groups is 1. The Kier molecular flexibility index (Phi) is 5.52. The third-order valence-corrected chi connectivity index (χ3v) is 5.32. The molecule has 32 heavy (non-hydrogen) atoms. The predicted molar refractivity (Wildman–Crippen MR) is 113 cm³/mol. The van der Waals surface area contributed by atoms with E-state index < -0.39 is 29.8 Å². The highest BCUT2D eigenvalue weighted by Crippen LogP contribution is 2.29. The lowest BCUT2D eigenvalue weighted by atomic mass is 10.1. The van der Waals surface area contributed by atoms with Crippen molar-refractivity contribution in [3.63, 3.8) is 0 Å². The van der Waals surface area contributed by atoms with Gasteiger partial charge in [0, 0.05) is 5.39 Å². The Labute approximate surface area is 183 Å². The van der Waals surface area contributed by atoms with Crippen molar-refractivity contribution in [3.05, 3.63) is 70.5 Å². The zero-order valence-corrected chi connectivity index (χ0v) is 17.8. The second-order valence-corrected chi connectivity index (χ2v) is 7.44. The molecule has 8 heteroatoms. The Hall–Kier alpha value is -3.94. The van der Waals surface area contributed by atoms with Gasteiger partial charge in [-0.3, -0.25) is 14.5 Å². The lowest BCUT2D eigenvalue weighted by Crippen LogP contribution is -2.43. The Morgan fingerprint density at radius 1 is 1.03 bits per heavy atom. The first-order valence-electron chi connectivity index (χ1n) is 10.2. The van der Waals surface area contributed by atoms with Gasteiger partial charge in [-0.15, -0.1) is 0 Å². The van der Waals surface area contributed by atoms with Crippen molar-refractivity contribution in [1.29, 1.82) is 0 Å². The maximum absolute atomic E-state index is 12.8. The lowest BCUT2D eigenvalue weighted by Gasteiger charge is -2.20. The Morgan fingerprint density at radius 3 is 2.50 bits per heavy atom. The minimum atomic E-state index is -1.15. The minimum absolute atomic E-state index is 0.0512. The van der Waals surface area contributed by atoms with Crippen LogP contribution < -0.4 is 0 Å². The monoisotopic (exact) mass is 435 g/mol. The van der Waals surface area contributed by atoms with Crippen LogP contribution in [0.3, 0.4) is 0 Å². The number of amides is 2. The number of ether oxygens (including phenoxy) is 2. The molecule has 0 aliphatic carbocycles. The standard InChI is InChI=1S/C24H21NO7/c1-4-30-24(29)20-18(15-7-5-6-8-19(15)32-20)12-31-23(28)14(3)25-21(26)16-10-9-13(2)11-17(16)22(25)27/h5-11,14H,4,12H2,1-3H3/t14-/m0/s1. The van der Waals surface area contributed by atoms with Gasteiger partial charge in [0.1, 0.15) is 18.2 Å². The van der Waals surface area contributed by atoms with Crippen molar-refractivity contribution in [2.75, 3.05) is 6.61 Å². The first kappa shape index (κ1) is 21.3. The summed E-state index contributed by atoms with van der Waals surface area (Å²) in [4.78, 5) is 51.4.